The van der Waals surface area contributed by atoms with Crippen LogP contribution in [0.1, 0.15) is 52.4 Å². The molecular weight excluding hydrogens is 180 g/mol. The fraction of sp³-hybridized carbons (Fsp3) is 0.733. The van der Waals surface area contributed by atoms with Crippen LogP contribution in [-0.4, -0.2) is 0 Å². The summed E-state index contributed by atoms with van der Waals surface area (Å²) in [5.74, 6) is 1.54. The van der Waals surface area contributed by atoms with Crippen molar-refractivity contribution in [2.45, 2.75) is 52.4 Å². The Bertz CT molecular complexity index is 286. The predicted octanol–water partition coefficient (Wildman–Crippen LogP) is 4.73. The number of allylic oxidation sites excluding steroid dienone is 2. The molecule has 2 aliphatic rings. The minimum Gasteiger partial charge on any atom is -0.0999 e. The lowest BCUT2D eigenvalue weighted by molar-refractivity contribution is 0.0832. The Morgan fingerprint density at radius 2 is 2.13 bits per heavy atom. The van der Waals surface area contributed by atoms with Gasteiger partial charge in [-0.2, -0.15) is 0 Å². The molecule has 2 aliphatic carbocycles. The summed E-state index contributed by atoms with van der Waals surface area (Å²) >= 11 is 0. The van der Waals surface area contributed by atoms with Crippen molar-refractivity contribution >= 4 is 0 Å². The molecule has 0 aromatic carbocycles. The van der Waals surface area contributed by atoms with E-state index in [9.17, 15) is 0 Å². The van der Waals surface area contributed by atoms with Crippen LogP contribution in [0.2, 0.25) is 0 Å². The van der Waals surface area contributed by atoms with E-state index in [1.165, 1.54) is 49.7 Å². The average molecular weight is 204 g/mol. The lowest BCUT2D eigenvalue weighted by Gasteiger charge is -2.49. The highest BCUT2D eigenvalue weighted by Crippen LogP contribution is 2.54. The SMILES string of the molecule is C=C(C)[C@@H]1CC[C@@]2(C)CCCC(=C)[C@@H]2C1. The van der Waals surface area contributed by atoms with Crippen LogP contribution in [0.5, 0.6) is 0 Å². The van der Waals surface area contributed by atoms with E-state index in [0.717, 1.165) is 11.8 Å². The van der Waals surface area contributed by atoms with E-state index in [1.54, 1.807) is 0 Å². The van der Waals surface area contributed by atoms with Gasteiger partial charge < -0.3 is 0 Å². The van der Waals surface area contributed by atoms with Crippen molar-refractivity contribution in [2.75, 3.05) is 0 Å². The molecule has 84 valence electrons. The zero-order valence-corrected chi connectivity index (χ0v) is 10.3. The Balaban J connectivity index is 2.16. The highest BCUT2D eigenvalue weighted by molar-refractivity contribution is 5.15. The van der Waals surface area contributed by atoms with Gasteiger partial charge in [-0.05, 0) is 62.7 Å². The van der Waals surface area contributed by atoms with E-state index in [2.05, 4.69) is 27.0 Å². The molecule has 0 aromatic heterocycles. The minimum absolute atomic E-state index is 0.571. The van der Waals surface area contributed by atoms with Gasteiger partial charge in [0.25, 0.3) is 0 Å². The van der Waals surface area contributed by atoms with Crippen molar-refractivity contribution in [3.63, 3.8) is 0 Å². The van der Waals surface area contributed by atoms with E-state index in [4.69, 9.17) is 0 Å². The first-order valence-electron chi connectivity index (χ1n) is 6.36. The van der Waals surface area contributed by atoms with Crippen LogP contribution in [0.4, 0.5) is 0 Å². The number of rotatable bonds is 1. The third-order valence-electron chi connectivity index (χ3n) is 4.86. The van der Waals surface area contributed by atoms with Crippen LogP contribution in [0.25, 0.3) is 0 Å². The molecule has 0 radical (unpaired) electrons. The summed E-state index contributed by atoms with van der Waals surface area (Å²) in [6, 6.07) is 0. The van der Waals surface area contributed by atoms with Crippen molar-refractivity contribution in [3.05, 3.63) is 24.3 Å². The average Bonchev–Trinajstić information content (AvgIpc) is 2.17. The first-order valence-corrected chi connectivity index (χ1v) is 6.36. The Kier molecular flexibility index (Phi) is 2.79. The highest BCUT2D eigenvalue weighted by Gasteiger charge is 2.42. The van der Waals surface area contributed by atoms with Gasteiger partial charge in [-0.1, -0.05) is 31.2 Å². The Labute approximate surface area is 94.5 Å². The second-order valence-electron chi connectivity index (χ2n) is 6.04. The quantitative estimate of drug-likeness (QED) is 0.542. The molecule has 2 saturated carbocycles. The molecule has 0 amide bonds. The summed E-state index contributed by atoms with van der Waals surface area (Å²) in [7, 11) is 0. The first-order chi connectivity index (χ1) is 7.03. The van der Waals surface area contributed by atoms with E-state index in [0.29, 0.717) is 5.41 Å². The topological polar surface area (TPSA) is 0 Å². The molecule has 0 spiro atoms. The number of hydrogen-bond acceptors (Lipinski definition) is 0. The Morgan fingerprint density at radius 3 is 2.80 bits per heavy atom. The summed E-state index contributed by atoms with van der Waals surface area (Å²) in [5.41, 5.74) is 3.48. The molecule has 2 fully saturated rings. The monoisotopic (exact) mass is 204 g/mol. The molecule has 0 aromatic rings. The summed E-state index contributed by atoms with van der Waals surface area (Å²) in [6.07, 6.45) is 8.11. The number of hydrogen-bond donors (Lipinski definition) is 0. The van der Waals surface area contributed by atoms with Gasteiger partial charge >= 0.3 is 0 Å². The molecule has 15 heavy (non-hydrogen) atoms. The summed E-state index contributed by atoms with van der Waals surface area (Å²) in [4.78, 5) is 0. The van der Waals surface area contributed by atoms with Gasteiger partial charge in [-0.3, -0.25) is 0 Å². The molecule has 0 heterocycles. The van der Waals surface area contributed by atoms with Crippen LogP contribution >= 0.6 is 0 Å². The van der Waals surface area contributed by atoms with Crippen LogP contribution in [0.15, 0.2) is 24.3 Å². The van der Waals surface area contributed by atoms with Crippen LogP contribution in [-0.2, 0) is 0 Å². The van der Waals surface area contributed by atoms with Gasteiger partial charge in [0.1, 0.15) is 0 Å². The molecule has 0 aliphatic heterocycles. The van der Waals surface area contributed by atoms with Gasteiger partial charge in [0.15, 0.2) is 0 Å². The Hall–Kier alpha value is -0.520. The maximum absolute atomic E-state index is 4.31. The lowest BCUT2D eigenvalue weighted by atomic mass is 9.56. The molecule has 0 bridgehead atoms. The molecule has 0 nitrogen and oxygen atoms in total. The molecule has 0 saturated heterocycles. The molecular formula is C15H24. The summed E-state index contributed by atoms with van der Waals surface area (Å²) < 4.78 is 0. The molecule has 0 unspecified atom stereocenters. The third kappa shape index (κ3) is 1.91. The minimum atomic E-state index is 0.571. The molecule has 2 rings (SSSR count). The van der Waals surface area contributed by atoms with E-state index < -0.39 is 0 Å². The lowest BCUT2D eigenvalue weighted by Crippen LogP contribution is -2.38. The smallest absolute Gasteiger partial charge is 0.0146 e. The molecule has 0 heteroatoms. The molecule has 3 atom stereocenters. The highest BCUT2D eigenvalue weighted by atomic mass is 14.5. The summed E-state index contributed by atoms with van der Waals surface area (Å²) in [6.45, 7) is 13.1. The molecule has 0 N–H and O–H groups in total. The summed E-state index contributed by atoms with van der Waals surface area (Å²) in [5, 5.41) is 0. The zero-order chi connectivity index (χ0) is 11.1. The standard InChI is InChI=1S/C15H24/c1-11(2)13-7-9-15(4)8-5-6-12(3)14(15)10-13/h13-14H,1,3,5-10H2,2,4H3/t13-,14+,15-/m1/s1. The number of fused-ring (bicyclic) bond motifs is 1. The third-order valence-corrected chi connectivity index (χ3v) is 4.86. The van der Waals surface area contributed by atoms with Crippen molar-refractivity contribution in [3.8, 4) is 0 Å². The normalized spacial score (nSPS) is 41.1. The predicted molar refractivity (Wildman–Crippen MR) is 66.7 cm³/mol. The fourth-order valence-corrected chi connectivity index (χ4v) is 3.66. The maximum atomic E-state index is 4.31. The van der Waals surface area contributed by atoms with Gasteiger partial charge in [-0.15, -0.1) is 0 Å². The van der Waals surface area contributed by atoms with Crippen LogP contribution in [0.3, 0.4) is 0 Å². The van der Waals surface area contributed by atoms with Gasteiger partial charge in [0.05, 0.1) is 0 Å². The van der Waals surface area contributed by atoms with Crippen molar-refractivity contribution < 1.29 is 0 Å². The fourth-order valence-electron chi connectivity index (χ4n) is 3.66. The van der Waals surface area contributed by atoms with Crippen molar-refractivity contribution in [1.82, 2.24) is 0 Å². The van der Waals surface area contributed by atoms with E-state index in [-0.39, 0.29) is 0 Å². The van der Waals surface area contributed by atoms with Crippen molar-refractivity contribution in [1.29, 1.82) is 0 Å². The zero-order valence-electron chi connectivity index (χ0n) is 10.3. The van der Waals surface area contributed by atoms with Gasteiger partial charge in [0, 0.05) is 0 Å². The van der Waals surface area contributed by atoms with E-state index in [1.807, 2.05) is 0 Å². The Morgan fingerprint density at radius 1 is 1.40 bits per heavy atom. The van der Waals surface area contributed by atoms with Crippen molar-refractivity contribution in [2.24, 2.45) is 17.3 Å². The largest absolute Gasteiger partial charge is 0.0999 e. The van der Waals surface area contributed by atoms with Gasteiger partial charge in [0.2, 0.25) is 0 Å². The van der Waals surface area contributed by atoms with Crippen LogP contribution in [0, 0.1) is 17.3 Å². The van der Waals surface area contributed by atoms with Gasteiger partial charge in [-0.25, -0.2) is 0 Å². The maximum Gasteiger partial charge on any atom is -0.0146 e. The first kappa shape index (κ1) is 11.0. The second kappa shape index (κ2) is 3.81. The second-order valence-corrected chi connectivity index (χ2v) is 6.04. The van der Waals surface area contributed by atoms with Crippen LogP contribution < -0.4 is 0 Å². The van der Waals surface area contributed by atoms with E-state index >= 15 is 0 Å².